The fourth-order valence-electron chi connectivity index (χ4n) is 8.50. The molecule has 1 unspecified atom stereocenters. The summed E-state index contributed by atoms with van der Waals surface area (Å²) >= 11 is 0. The fraction of sp³-hybridized carbons (Fsp3) is 0.455. The normalized spacial score (nSPS) is 24.2. The van der Waals surface area contributed by atoms with Crippen molar-refractivity contribution >= 4 is 62.1 Å². The number of carbonyl (C=O) groups is 3. The summed E-state index contributed by atoms with van der Waals surface area (Å²) in [7, 11) is -10.8. The number of nitrogens with one attached hydrogen (secondary N) is 1. The van der Waals surface area contributed by atoms with Crippen molar-refractivity contribution in [3.8, 4) is 0 Å². The minimum atomic E-state index is -5.52. The van der Waals surface area contributed by atoms with Crippen LogP contribution in [-0.4, -0.2) is 170 Å². The van der Waals surface area contributed by atoms with E-state index in [9.17, 15) is 66.4 Å². The highest BCUT2D eigenvalue weighted by atomic mass is 31.2. The topological polar surface area (TPSA) is 400 Å². The molecule has 0 saturated carbocycles. The van der Waals surface area contributed by atoms with E-state index in [1.807, 2.05) is 0 Å². The SMILES string of the molecule is Nc1ccn([C@@H]2O[C@H](COP(=O)(O)O)[C@@H](OP(=O)(O)OC[C@H]3O[C@@H](n4cnc5c(N)ncnc54)[C@H](O)[C@@H]3OC(=O)CN(CCN3CCC(F)(F)CC3)C(=O)OCc3ccc(NC(=O)Cc4ccc(F)cc4)cc3)[C@H]2O)c(=O)n1. The number of rotatable bonds is 21. The standard InChI is InChI=1S/C44H52F3N11O18P2/c45-26-5-1-24(2-6-26)17-31(59)53-27-7-3-25(4-8-27)19-70-43(64)56(16-15-55-13-10-44(46,47)11-14-55)18-32(60)75-36-28(73-41(34(36)61)58-23-52-33-38(49)50-22-51-39(33)58)21-72-78(68,69)76-37-29(20-71-77(65,66)67)74-40(35(37)62)57-12-9-30(48)54-42(57)63/h1-9,12,22-23,28-29,34-37,40-41,61-62H,10-11,13-21H2,(H,53,59)(H,68,69)(H2,48,54,63)(H2,49,50,51)(H2,65,66,67)/t28-,29-,34-,35-,36-,37-,40-,41-/m1/s1. The van der Waals surface area contributed by atoms with E-state index >= 15 is 0 Å². The number of amides is 2. The number of fused-ring (bicyclic) bond motifs is 1. The summed E-state index contributed by atoms with van der Waals surface area (Å²) in [6, 6.07) is 12.7. The molecular formula is C44H52F3N11O18P2. The van der Waals surface area contributed by atoms with Crippen LogP contribution in [0.1, 0.15) is 36.4 Å². The molecule has 3 aromatic heterocycles. The molecule has 78 heavy (non-hydrogen) atoms. The first-order valence-electron chi connectivity index (χ1n) is 23.6. The molecule has 6 heterocycles. The molecule has 2 aromatic carbocycles. The summed E-state index contributed by atoms with van der Waals surface area (Å²) in [6.45, 7) is -3.69. The van der Waals surface area contributed by atoms with Gasteiger partial charge < -0.3 is 65.5 Å². The number of benzene rings is 2. The summed E-state index contributed by atoms with van der Waals surface area (Å²) in [6.07, 6.45) is -13.3. The average Bonchev–Trinajstić information content (AvgIpc) is 4.10. The third kappa shape index (κ3) is 14.8. The maximum Gasteiger partial charge on any atom is 0.472 e. The number of phosphoric ester groups is 2. The van der Waals surface area contributed by atoms with E-state index in [0.717, 1.165) is 29.8 Å². The number of anilines is 3. The number of likely N-dealkylation sites (tertiary alicyclic amines) is 1. The van der Waals surface area contributed by atoms with Gasteiger partial charge in [-0.05, 0) is 41.5 Å². The number of phosphoric acid groups is 2. The Morgan fingerprint density at radius 1 is 0.859 bits per heavy atom. The number of nitrogens with zero attached hydrogens (tertiary/aromatic N) is 8. The molecule has 8 rings (SSSR count). The van der Waals surface area contributed by atoms with Gasteiger partial charge in [0.15, 0.2) is 30.0 Å². The van der Waals surface area contributed by atoms with Crippen LogP contribution in [-0.2, 0) is 64.3 Å². The number of aromatic nitrogens is 6. The zero-order valence-corrected chi connectivity index (χ0v) is 42.4. The van der Waals surface area contributed by atoms with Crippen molar-refractivity contribution in [3.05, 3.63) is 101 Å². The smallest absolute Gasteiger partial charge is 0.455 e. The lowest BCUT2D eigenvalue weighted by Gasteiger charge is -2.33. The van der Waals surface area contributed by atoms with Crippen LogP contribution in [0, 0.1) is 5.82 Å². The Hall–Kier alpha value is -6.51. The highest BCUT2D eigenvalue weighted by Crippen LogP contribution is 2.50. The molecule has 2 amide bonds. The van der Waals surface area contributed by atoms with Gasteiger partial charge in [0.2, 0.25) is 5.91 Å². The summed E-state index contributed by atoms with van der Waals surface area (Å²) in [5.74, 6) is -5.22. The first-order chi connectivity index (χ1) is 36.9. The van der Waals surface area contributed by atoms with Crippen LogP contribution in [0.3, 0.4) is 0 Å². The molecule has 3 fully saturated rings. The second-order valence-electron chi connectivity index (χ2n) is 18.0. The number of hydrogen-bond donors (Lipinski definition) is 8. The number of aliphatic hydroxyl groups excluding tert-OH is 2. The van der Waals surface area contributed by atoms with E-state index in [1.165, 1.54) is 28.8 Å². The average molecular weight is 1140 g/mol. The summed E-state index contributed by atoms with van der Waals surface area (Å²) in [4.78, 5) is 101. The van der Waals surface area contributed by atoms with Gasteiger partial charge >= 0.3 is 33.4 Å². The van der Waals surface area contributed by atoms with Crippen molar-refractivity contribution in [2.75, 3.05) is 62.7 Å². The molecule has 5 aromatic rings. The highest BCUT2D eigenvalue weighted by molar-refractivity contribution is 7.47. The van der Waals surface area contributed by atoms with Crippen LogP contribution >= 0.6 is 15.6 Å². The molecule has 3 saturated heterocycles. The lowest BCUT2D eigenvalue weighted by atomic mass is 10.1. The van der Waals surface area contributed by atoms with Crippen molar-refractivity contribution in [2.45, 2.75) is 80.9 Å². The predicted molar refractivity (Wildman–Crippen MR) is 259 cm³/mol. The van der Waals surface area contributed by atoms with Crippen LogP contribution in [0.5, 0.6) is 0 Å². The number of piperidine rings is 1. The number of nitrogen functional groups attached to an aromatic ring is 2. The lowest BCUT2D eigenvalue weighted by Crippen LogP contribution is -2.47. The van der Waals surface area contributed by atoms with E-state index < -0.39 is 127 Å². The third-order valence-electron chi connectivity index (χ3n) is 12.5. The van der Waals surface area contributed by atoms with Gasteiger partial charge in [-0.2, -0.15) is 4.98 Å². The molecule has 10 N–H and O–H groups in total. The Balaban J connectivity index is 0.970. The summed E-state index contributed by atoms with van der Waals surface area (Å²) in [5, 5.41) is 25.7. The molecule has 0 bridgehead atoms. The number of aliphatic hydroxyl groups is 2. The molecule has 0 radical (unpaired) electrons. The lowest BCUT2D eigenvalue weighted by molar-refractivity contribution is -0.157. The minimum absolute atomic E-state index is 0.00430. The van der Waals surface area contributed by atoms with Crippen LogP contribution in [0.25, 0.3) is 11.2 Å². The van der Waals surface area contributed by atoms with Crippen molar-refractivity contribution in [2.24, 2.45) is 0 Å². The molecule has 34 heteroatoms. The van der Waals surface area contributed by atoms with E-state index in [2.05, 4.69) is 29.8 Å². The number of nitrogens with two attached hydrogens (primary N) is 2. The van der Waals surface area contributed by atoms with Gasteiger partial charge in [-0.15, -0.1) is 0 Å². The van der Waals surface area contributed by atoms with Crippen LogP contribution in [0.2, 0.25) is 0 Å². The first-order valence-corrected chi connectivity index (χ1v) is 26.6. The Morgan fingerprint density at radius 2 is 1.50 bits per heavy atom. The van der Waals surface area contributed by atoms with E-state index in [1.54, 1.807) is 29.2 Å². The van der Waals surface area contributed by atoms with E-state index in [4.69, 9.17) is 39.5 Å². The van der Waals surface area contributed by atoms with Crippen LogP contribution in [0.15, 0.2) is 78.2 Å². The van der Waals surface area contributed by atoms with Crippen molar-refractivity contribution < 1.29 is 94.1 Å². The predicted octanol–water partition coefficient (Wildman–Crippen LogP) is 0.978. The second-order valence-corrected chi connectivity index (χ2v) is 20.7. The largest absolute Gasteiger partial charge is 0.472 e. The van der Waals surface area contributed by atoms with Crippen molar-refractivity contribution in [1.29, 1.82) is 0 Å². The summed E-state index contributed by atoms with van der Waals surface area (Å²) in [5.41, 5.74) is 12.0. The molecule has 29 nitrogen and oxygen atoms in total. The first kappa shape index (κ1) is 57.7. The molecule has 0 aliphatic carbocycles. The third-order valence-corrected chi connectivity index (χ3v) is 13.9. The van der Waals surface area contributed by atoms with Gasteiger partial charge in [-0.3, -0.25) is 37.2 Å². The minimum Gasteiger partial charge on any atom is -0.455 e. The maximum atomic E-state index is 14.0. The van der Waals surface area contributed by atoms with Gasteiger partial charge in [0, 0.05) is 50.9 Å². The van der Waals surface area contributed by atoms with Gasteiger partial charge in [0.1, 0.15) is 67.2 Å². The maximum absolute atomic E-state index is 14.0. The Morgan fingerprint density at radius 3 is 2.18 bits per heavy atom. The zero-order chi connectivity index (χ0) is 56.1. The quantitative estimate of drug-likeness (QED) is 0.0375. The number of hydrogen-bond acceptors (Lipinski definition) is 22. The molecule has 0 spiro atoms. The Labute approximate surface area is 438 Å². The fourth-order valence-corrected chi connectivity index (χ4v) is 9.81. The number of halogens is 3. The van der Waals surface area contributed by atoms with E-state index in [0.29, 0.717) is 21.4 Å². The number of imidazole rings is 1. The molecule has 9 atom stereocenters. The molecule has 3 aliphatic heterocycles. The van der Waals surface area contributed by atoms with Gasteiger partial charge in [0.25, 0.3) is 5.92 Å². The second kappa shape index (κ2) is 24.2. The van der Waals surface area contributed by atoms with Crippen molar-refractivity contribution in [3.63, 3.8) is 0 Å². The van der Waals surface area contributed by atoms with E-state index in [-0.39, 0.29) is 67.9 Å². The highest BCUT2D eigenvalue weighted by Gasteiger charge is 2.52. The van der Waals surface area contributed by atoms with Crippen LogP contribution in [0.4, 0.5) is 35.3 Å². The number of esters is 1. The Bertz CT molecular complexity index is 3100. The number of alkyl halides is 2. The number of carbonyl (C=O) groups excluding carboxylic acids is 3. The van der Waals surface area contributed by atoms with Crippen molar-refractivity contribution in [1.82, 2.24) is 38.9 Å². The zero-order valence-electron chi connectivity index (χ0n) is 40.6. The monoisotopic (exact) mass is 1140 g/mol. The Kier molecular flexibility index (Phi) is 17.9. The molecule has 3 aliphatic rings. The van der Waals surface area contributed by atoms with Gasteiger partial charge in [-0.1, -0.05) is 24.3 Å². The number of ether oxygens (including phenoxy) is 4. The van der Waals surface area contributed by atoms with Crippen LogP contribution < -0.4 is 22.5 Å². The summed E-state index contributed by atoms with van der Waals surface area (Å²) < 4.78 is 107. The molecule has 422 valence electrons. The van der Waals surface area contributed by atoms with Gasteiger partial charge in [0.05, 0.1) is 26.0 Å². The van der Waals surface area contributed by atoms with Gasteiger partial charge in [-0.25, -0.2) is 46.8 Å². The molecular weight excluding hydrogens is 1090 g/mol.